The molecule has 0 saturated heterocycles. The Bertz CT molecular complexity index is 10800. The first-order valence-corrected chi connectivity index (χ1v) is 48.6. The van der Waals surface area contributed by atoms with Crippen LogP contribution in [-0.4, -0.2) is 42.8 Å². The van der Waals surface area contributed by atoms with E-state index in [0.29, 0.717) is 5.82 Å². The van der Waals surface area contributed by atoms with E-state index in [1.165, 1.54) is 178 Å². The van der Waals surface area contributed by atoms with E-state index in [1.54, 1.807) is 0 Å². The van der Waals surface area contributed by atoms with Crippen LogP contribution < -0.4 is 0 Å². The molecule has 0 aliphatic carbocycles. The largest absolute Gasteiger partial charge is 0.309 e. The zero-order valence-corrected chi connectivity index (χ0v) is 76.2. The second kappa shape index (κ2) is 30.5. The van der Waals surface area contributed by atoms with Gasteiger partial charge in [0.25, 0.3) is 0 Å². The summed E-state index contributed by atoms with van der Waals surface area (Å²) in [5.74, 6) is 1.42. The molecule has 648 valence electrons. The van der Waals surface area contributed by atoms with Gasteiger partial charge in [-0.15, -0.1) is 11.3 Å². The Labute approximate surface area is 804 Å². The summed E-state index contributed by atoms with van der Waals surface area (Å²) in [5, 5.41) is 31.3. The van der Waals surface area contributed by atoms with Crippen molar-refractivity contribution in [1.82, 2.24) is 42.8 Å². The molecule has 8 heterocycles. The number of thiophene rings is 1. The molecule has 0 atom stereocenters. The number of rotatable bonds is 9. The highest BCUT2D eigenvalue weighted by molar-refractivity contribution is 7.26. The minimum Gasteiger partial charge on any atom is -0.309 e. The molecule has 0 aliphatic heterocycles. The van der Waals surface area contributed by atoms with Crippen LogP contribution in [0.4, 0.5) is 0 Å². The van der Waals surface area contributed by atoms with Crippen molar-refractivity contribution in [2.75, 3.05) is 0 Å². The van der Waals surface area contributed by atoms with Crippen molar-refractivity contribution in [3.8, 4) is 73.7 Å². The molecule has 140 heavy (non-hydrogen) atoms. The molecular formula is C130H77N9S. The lowest BCUT2D eigenvalue weighted by Gasteiger charge is -2.14. The smallest absolute Gasteiger partial charge is 0.160 e. The van der Waals surface area contributed by atoms with Crippen LogP contribution in [0.25, 0.3) is 289 Å². The zero-order valence-electron chi connectivity index (χ0n) is 75.4. The van der Waals surface area contributed by atoms with Gasteiger partial charge in [0.05, 0.1) is 89.0 Å². The Kier molecular flexibility index (Phi) is 17.0. The van der Waals surface area contributed by atoms with Crippen LogP contribution in [0.5, 0.6) is 0 Å². The van der Waals surface area contributed by atoms with Gasteiger partial charge in [0, 0.05) is 146 Å². The highest BCUT2D eigenvalue weighted by Crippen LogP contribution is 2.49. The topological polar surface area (TPSA) is 76.2 Å². The molecule has 10 heteroatoms. The third kappa shape index (κ3) is 11.8. The minimum atomic E-state index is 0.697. The molecule has 0 N–H and O–H groups in total. The highest BCUT2D eigenvalue weighted by Gasteiger charge is 2.26. The lowest BCUT2D eigenvalue weighted by molar-refractivity contribution is 1.18. The SMILES string of the molecule is c1cc(-n2c3ccccc3c3ccc4ccccc4c32)c2cc3c4ccccc4n(-c4ccc5cc(-c6nc(-c7cccc8c7sc7ccccc78)c7ccccc7n6)ccc5c4)c3cc2c1.c1ccc(-n2c3ccccc3c3cc(-c4nc(-c5ccc6ccc(-n7c8ccccc8c8cc9c(-n%10c%11ccccc%11c%11ccc%12ccccc%12c%11%10)cccc9cc87)cc6c5)nc5ccccc45)ccc32)cc1. The second-order valence-corrected chi connectivity index (χ2v) is 38.1. The predicted octanol–water partition coefficient (Wildman–Crippen LogP) is 34.7. The van der Waals surface area contributed by atoms with Gasteiger partial charge in [-0.1, -0.05) is 322 Å². The summed E-state index contributed by atoms with van der Waals surface area (Å²) in [5.41, 5.74) is 25.5. The van der Waals surface area contributed by atoms with Gasteiger partial charge in [0.1, 0.15) is 0 Å². The fraction of sp³-hybridized carbons (Fsp3) is 0. The molecule has 31 rings (SSSR count). The van der Waals surface area contributed by atoms with E-state index in [2.05, 4.69) is 490 Å². The molecule has 9 nitrogen and oxygen atoms in total. The third-order valence-electron chi connectivity index (χ3n) is 29.4. The van der Waals surface area contributed by atoms with Crippen LogP contribution in [0.15, 0.2) is 467 Å². The maximum absolute atomic E-state index is 5.43. The molecule has 8 aromatic heterocycles. The van der Waals surface area contributed by atoms with Gasteiger partial charge in [-0.3, -0.25) is 0 Å². The van der Waals surface area contributed by atoms with Crippen LogP contribution in [0, 0.1) is 0 Å². The first kappa shape index (κ1) is 77.9. The monoisotopic (exact) mass is 1800 g/mol. The summed E-state index contributed by atoms with van der Waals surface area (Å²) >= 11 is 1.83. The van der Waals surface area contributed by atoms with Crippen molar-refractivity contribution in [3.05, 3.63) is 467 Å². The zero-order chi connectivity index (χ0) is 91.5. The molecule has 0 aliphatic rings. The first-order chi connectivity index (χ1) is 69.4. The van der Waals surface area contributed by atoms with Crippen molar-refractivity contribution < 1.29 is 0 Å². The molecule has 0 fully saturated rings. The summed E-state index contributed by atoms with van der Waals surface area (Å²) < 4.78 is 14.7. The molecule has 0 amide bonds. The normalized spacial score (nSPS) is 12.1. The fourth-order valence-electron chi connectivity index (χ4n) is 23.1. The average Bonchev–Trinajstić information content (AvgIpc) is 1.57. The van der Waals surface area contributed by atoms with E-state index < -0.39 is 0 Å². The van der Waals surface area contributed by atoms with Gasteiger partial charge in [-0.05, 0) is 189 Å². The summed E-state index contributed by atoms with van der Waals surface area (Å²) in [6, 6.07) is 170. The van der Waals surface area contributed by atoms with Gasteiger partial charge in [-0.2, -0.15) is 0 Å². The lowest BCUT2D eigenvalue weighted by atomic mass is 10.0. The first-order valence-electron chi connectivity index (χ1n) is 47.8. The lowest BCUT2D eigenvalue weighted by Crippen LogP contribution is -1.97. The summed E-state index contributed by atoms with van der Waals surface area (Å²) in [6.07, 6.45) is 0. The number of para-hydroxylation sites is 8. The molecule has 0 unspecified atom stereocenters. The van der Waals surface area contributed by atoms with Crippen molar-refractivity contribution in [2.45, 2.75) is 0 Å². The van der Waals surface area contributed by atoms with E-state index in [0.717, 1.165) is 105 Å². The summed E-state index contributed by atoms with van der Waals surface area (Å²) in [6.45, 7) is 0. The Balaban J connectivity index is 0.000000132. The van der Waals surface area contributed by atoms with Gasteiger partial charge in [0.2, 0.25) is 0 Å². The van der Waals surface area contributed by atoms with E-state index in [4.69, 9.17) is 19.9 Å². The van der Waals surface area contributed by atoms with Gasteiger partial charge in [0.15, 0.2) is 11.6 Å². The third-order valence-corrected chi connectivity index (χ3v) is 30.6. The fourth-order valence-corrected chi connectivity index (χ4v) is 24.3. The number of fused-ring (bicyclic) bond motifs is 28. The number of benzene rings is 23. The van der Waals surface area contributed by atoms with Crippen molar-refractivity contribution >= 4 is 227 Å². The molecular weight excluding hydrogens is 1720 g/mol. The van der Waals surface area contributed by atoms with E-state index in [9.17, 15) is 0 Å². The molecule has 0 radical (unpaired) electrons. The molecule has 0 saturated carbocycles. The minimum absolute atomic E-state index is 0.697. The Morgan fingerprint density at radius 2 is 0.557 bits per heavy atom. The Morgan fingerprint density at radius 1 is 0.171 bits per heavy atom. The molecule has 31 aromatic rings. The Hall–Kier alpha value is -18.5. The van der Waals surface area contributed by atoms with Crippen molar-refractivity contribution in [2.24, 2.45) is 0 Å². The van der Waals surface area contributed by atoms with Crippen LogP contribution in [0.2, 0.25) is 0 Å². The standard InChI is InChI=1S/C68H41N5.C62H36N4S/c1-2-17-48(18-3-1)71-60-25-11-8-21-52(60)57-39-45(33-36-64(57)71)66-55-23-6-10-24-59(55)69-68(70-66)46-30-29-42-31-34-49(38-47(42)37-46)72-61-26-12-9-22-53(61)58-41-56-44(40-65(58)72)16-14-28-63(56)73-62-27-13-7-20-51(62)54-35-32-43-15-4-5-19-50(43)67(54)73;1-2-15-43-37(13-1)30-32-47-44-16-4-9-24-55(44)66(60(43)47)56-25-11-14-40-35-57-52(36-51(40)56)45-17-5-8-23-54(45)65(57)42-31-29-38-33-41(28-27-39(38)34-42)62-63-53-22-7-3-19-49(53)59(64-62)50-21-12-20-48-46-18-6-10-26-58(46)67-61(48)50/h1-41H;1-36H. The number of nitrogens with zero attached hydrogens (tertiary/aromatic N) is 9. The average molecular weight is 1800 g/mol. The van der Waals surface area contributed by atoms with Gasteiger partial charge in [-0.25, -0.2) is 19.9 Å². The maximum Gasteiger partial charge on any atom is 0.160 e. The van der Waals surface area contributed by atoms with Crippen LogP contribution in [-0.2, 0) is 0 Å². The maximum atomic E-state index is 5.43. The Morgan fingerprint density at radius 3 is 1.13 bits per heavy atom. The van der Waals surface area contributed by atoms with Gasteiger partial charge < -0.3 is 22.8 Å². The van der Waals surface area contributed by atoms with E-state index >= 15 is 0 Å². The molecule has 0 spiro atoms. The predicted molar refractivity (Wildman–Crippen MR) is 590 cm³/mol. The molecule has 0 bridgehead atoms. The van der Waals surface area contributed by atoms with E-state index in [-0.39, 0.29) is 0 Å². The number of hydrogen-bond acceptors (Lipinski definition) is 5. The van der Waals surface area contributed by atoms with Crippen LogP contribution in [0.3, 0.4) is 0 Å². The second-order valence-electron chi connectivity index (χ2n) is 37.0. The van der Waals surface area contributed by atoms with Crippen LogP contribution >= 0.6 is 11.3 Å². The summed E-state index contributed by atoms with van der Waals surface area (Å²) in [7, 11) is 0. The molecule has 23 aromatic carbocycles. The number of aromatic nitrogens is 9. The van der Waals surface area contributed by atoms with Crippen LogP contribution in [0.1, 0.15) is 0 Å². The highest BCUT2D eigenvalue weighted by atomic mass is 32.1. The van der Waals surface area contributed by atoms with Crippen molar-refractivity contribution in [3.63, 3.8) is 0 Å². The van der Waals surface area contributed by atoms with Gasteiger partial charge >= 0.3 is 0 Å². The quantitative estimate of drug-likeness (QED) is 0.144. The number of hydrogen-bond donors (Lipinski definition) is 0. The van der Waals surface area contributed by atoms with Crippen molar-refractivity contribution in [1.29, 1.82) is 0 Å². The van der Waals surface area contributed by atoms with E-state index in [1.807, 2.05) is 11.3 Å². The summed E-state index contributed by atoms with van der Waals surface area (Å²) in [4.78, 5) is 21.2.